The molecule has 172 valence electrons. The number of nitrogens with one attached hydrogen (secondary N) is 1. The zero-order valence-corrected chi connectivity index (χ0v) is 19.6. The van der Waals surface area contributed by atoms with E-state index in [4.69, 9.17) is 16.3 Å². The van der Waals surface area contributed by atoms with E-state index in [1.165, 1.54) is 29.0 Å². The van der Waals surface area contributed by atoms with Gasteiger partial charge in [-0.2, -0.15) is 5.10 Å². The zero-order valence-electron chi connectivity index (χ0n) is 18.9. The van der Waals surface area contributed by atoms with Crippen LogP contribution in [0.2, 0.25) is 5.15 Å². The summed E-state index contributed by atoms with van der Waals surface area (Å²) in [6.07, 6.45) is 2.66. The van der Waals surface area contributed by atoms with Crippen LogP contribution in [-0.2, 0) is 14.3 Å². The molecule has 6 nitrogen and oxygen atoms in total. The minimum Gasteiger partial charge on any atom is -0.452 e. The molecule has 3 rings (SSSR count). The standard InChI is InChI=1S/C25H25ClFN3O3/c1-15(2)20-7-5-6-16(3)24(20)28-22(31)14-33-23(32)13-12-21-17(4)29-30(25(21)26)19-10-8-18(27)9-11-19/h5-13,15H,14H2,1-4H3,(H,28,31)/b13-12+. The molecule has 0 fully saturated rings. The van der Waals surface area contributed by atoms with E-state index in [1.54, 1.807) is 19.1 Å². The minimum atomic E-state index is -0.691. The number of carbonyl (C=O) groups is 2. The number of hydrogen-bond donors (Lipinski definition) is 1. The number of halogens is 2. The molecular weight excluding hydrogens is 445 g/mol. The lowest BCUT2D eigenvalue weighted by Crippen LogP contribution is -2.21. The molecule has 1 amide bonds. The van der Waals surface area contributed by atoms with E-state index < -0.39 is 18.5 Å². The van der Waals surface area contributed by atoms with Gasteiger partial charge in [-0.05, 0) is 61.2 Å². The Kier molecular flexibility index (Phi) is 7.66. The normalized spacial score (nSPS) is 11.2. The van der Waals surface area contributed by atoms with Gasteiger partial charge in [0.1, 0.15) is 11.0 Å². The van der Waals surface area contributed by atoms with Crippen molar-refractivity contribution in [3.8, 4) is 5.69 Å². The Labute approximate surface area is 197 Å². The van der Waals surface area contributed by atoms with Gasteiger partial charge in [0.05, 0.1) is 11.4 Å². The van der Waals surface area contributed by atoms with E-state index >= 15 is 0 Å². The monoisotopic (exact) mass is 469 g/mol. The zero-order chi connectivity index (χ0) is 24.1. The molecule has 0 radical (unpaired) electrons. The maximum atomic E-state index is 13.2. The topological polar surface area (TPSA) is 73.2 Å². The second-order valence-electron chi connectivity index (χ2n) is 7.86. The Balaban J connectivity index is 1.63. The van der Waals surface area contributed by atoms with Gasteiger partial charge in [-0.25, -0.2) is 13.9 Å². The number of hydrogen-bond acceptors (Lipinski definition) is 4. The van der Waals surface area contributed by atoms with Crippen molar-refractivity contribution in [2.75, 3.05) is 11.9 Å². The highest BCUT2D eigenvalue weighted by Crippen LogP contribution is 2.27. The fourth-order valence-corrected chi connectivity index (χ4v) is 3.64. The van der Waals surface area contributed by atoms with Gasteiger partial charge in [0.15, 0.2) is 6.61 Å². The molecule has 33 heavy (non-hydrogen) atoms. The number of benzene rings is 2. The van der Waals surface area contributed by atoms with Crippen LogP contribution >= 0.6 is 11.6 Å². The molecule has 1 N–H and O–H groups in total. The SMILES string of the molecule is Cc1cccc(C(C)C)c1NC(=O)COC(=O)/C=C/c1c(C)nn(-c2ccc(F)cc2)c1Cl. The number of rotatable bonds is 7. The van der Waals surface area contributed by atoms with Gasteiger partial charge in [0.25, 0.3) is 5.91 Å². The molecule has 0 aliphatic heterocycles. The fraction of sp³-hybridized carbons (Fsp3) is 0.240. The Hall–Kier alpha value is -3.45. The van der Waals surface area contributed by atoms with Crippen LogP contribution in [0.1, 0.15) is 42.1 Å². The number of ether oxygens (including phenoxy) is 1. The molecule has 0 saturated carbocycles. The molecule has 0 aliphatic carbocycles. The first-order valence-electron chi connectivity index (χ1n) is 10.4. The summed E-state index contributed by atoms with van der Waals surface area (Å²) in [6, 6.07) is 11.5. The lowest BCUT2D eigenvalue weighted by atomic mass is 9.98. The number of para-hydroxylation sites is 1. The lowest BCUT2D eigenvalue weighted by Gasteiger charge is -2.16. The van der Waals surface area contributed by atoms with Crippen molar-refractivity contribution in [3.05, 3.63) is 81.9 Å². The smallest absolute Gasteiger partial charge is 0.331 e. The van der Waals surface area contributed by atoms with Crippen LogP contribution in [0.4, 0.5) is 10.1 Å². The number of aromatic nitrogens is 2. The highest BCUT2D eigenvalue weighted by atomic mass is 35.5. The third-order valence-corrected chi connectivity index (χ3v) is 5.41. The molecule has 0 saturated heterocycles. The van der Waals surface area contributed by atoms with Gasteiger partial charge < -0.3 is 10.1 Å². The highest BCUT2D eigenvalue weighted by molar-refractivity contribution is 6.31. The maximum Gasteiger partial charge on any atom is 0.331 e. The first-order chi connectivity index (χ1) is 15.7. The summed E-state index contributed by atoms with van der Waals surface area (Å²) in [7, 11) is 0. The van der Waals surface area contributed by atoms with Gasteiger partial charge in [0.2, 0.25) is 0 Å². The Morgan fingerprint density at radius 1 is 1.18 bits per heavy atom. The van der Waals surface area contributed by atoms with Crippen LogP contribution in [0.25, 0.3) is 11.8 Å². The number of anilines is 1. The van der Waals surface area contributed by atoms with Gasteiger partial charge >= 0.3 is 5.97 Å². The number of nitrogens with zero attached hydrogens (tertiary/aromatic N) is 2. The predicted molar refractivity (Wildman–Crippen MR) is 127 cm³/mol. The quantitative estimate of drug-likeness (QED) is 0.361. The summed E-state index contributed by atoms with van der Waals surface area (Å²) < 4.78 is 19.7. The van der Waals surface area contributed by atoms with Crippen LogP contribution in [0.15, 0.2) is 48.5 Å². The van der Waals surface area contributed by atoms with Gasteiger partial charge in [0, 0.05) is 17.3 Å². The van der Waals surface area contributed by atoms with Crippen LogP contribution < -0.4 is 5.32 Å². The number of carbonyl (C=O) groups excluding carboxylic acids is 2. The van der Waals surface area contributed by atoms with E-state index in [-0.39, 0.29) is 16.9 Å². The summed E-state index contributed by atoms with van der Waals surface area (Å²) in [5, 5.41) is 7.43. The molecule has 8 heteroatoms. The van der Waals surface area contributed by atoms with E-state index in [1.807, 2.05) is 39.0 Å². The Bertz CT molecular complexity index is 1200. The van der Waals surface area contributed by atoms with Crippen molar-refractivity contribution < 1.29 is 18.7 Å². The molecule has 0 bridgehead atoms. The van der Waals surface area contributed by atoms with E-state index in [9.17, 15) is 14.0 Å². The van der Waals surface area contributed by atoms with Crippen molar-refractivity contribution in [1.29, 1.82) is 0 Å². The second-order valence-corrected chi connectivity index (χ2v) is 8.22. The summed E-state index contributed by atoms with van der Waals surface area (Å²) in [6.45, 7) is 7.31. The average Bonchev–Trinajstić information content (AvgIpc) is 3.06. The van der Waals surface area contributed by atoms with Crippen LogP contribution in [0, 0.1) is 19.7 Å². The summed E-state index contributed by atoms with van der Waals surface area (Å²) >= 11 is 6.40. The predicted octanol–water partition coefficient (Wildman–Crippen LogP) is 5.60. The molecule has 3 aromatic rings. The fourth-order valence-electron chi connectivity index (χ4n) is 3.31. The van der Waals surface area contributed by atoms with Crippen LogP contribution in [0.5, 0.6) is 0 Å². The van der Waals surface area contributed by atoms with E-state index in [0.29, 0.717) is 16.9 Å². The average molecular weight is 470 g/mol. The summed E-state index contributed by atoms with van der Waals surface area (Å²) in [5.74, 6) is -1.25. The third kappa shape index (κ3) is 5.87. The number of esters is 1. The molecule has 0 unspecified atom stereocenters. The first-order valence-corrected chi connectivity index (χ1v) is 10.8. The van der Waals surface area contributed by atoms with Crippen molar-refractivity contribution in [3.63, 3.8) is 0 Å². The van der Waals surface area contributed by atoms with Gasteiger partial charge in [-0.1, -0.05) is 43.6 Å². The van der Waals surface area contributed by atoms with Crippen LogP contribution in [-0.4, -0.2) is 28.3 Å². The third-order valence-electron chi connectivity index (χ3n) is 5.04. The molecule has 0 atom stereocenters. The summed E-state index contributed by atoms with van der Waals surface area (Å²) in [4.78, 5) is 24.5. The maximum absolute atomic E-state index is 13.2. The molecule has 1 aromatic heterocycles. The minimum absolute atomic E-state index is 0.231. The second kappa shape index (κ2) is 10.4. The largest absolute Gasteiger partial charge is 0.452 e. The molecule has 0 aliphatic rings. The molecule has 2 aromatic carbocycles. The molecular formula is C25H25ClFN3O3. The van der Waals surface area contributed by atoms with Crippen molar-refractivity contribution in [2.24, 2.45) is 0 Å². The van der Waals surface area contributed by atoms with Crippen molar-refractivity contribution in [2.45, 2.75) is 33.6 Å². The van der Waals surface area contributed by atoms with Crippen molar-refractivity contribution in [1.82, 2.24) is 9.78 Å². The van der Waals surface area contributed by atoms with Crippen LogP contribution in [0.3, 0.4) is 0 Å². The first kappa shape index (κ1) is 24.2. The van der Waals surface area contributed by atoms with E-state index in [2.05, 4.69) is 10.4 Å². The summed E-state index contributed by atoms with van der Waals surface area (Å²) in [5.41, 5.74) is 4.36. The van der Waals surface area contributed by atoms with Crippen molar-refractivity contribution >= 4 is 35.2 Å². The number of amides is 1. The molecule has 1 heterocycles. The lowest BCUT2D eigenvalue weighted by molar-refractivity contribution is -0.142. The Morgan fingerprint density at radius 3 is 2.55 bits per heavy atom. The van der Waals surface area contributed by atoms with Gasteiger partial charge in [-0.15, -0.1) is 0 Å². The van der Waals surface area contributed by atoms with E-state index in [0.717, 1.165) is 16.8 Å². The highest BCUT2D eigenvalue weighted by Gasteiger charge is 2.15. The number of aryl methyl sites for hydroxylation is 2. The molecule has 0 spiro atoms. The van der Waals surface area contributed by atoms with Gasteiger partial charge in [-0.3, -0.25) is 4.79 Å². The Morgan fingerprint density at radius 2 is 1.88 bits per heavy atom.